The summed E-state index contributed by atoms with van der Waals surface area (Å²) in [5, 5.41) is 49.3. The van der Waals surface area contributed by atoms with Gasteiger partial charge in [0.2, 0.25) is 0 Å². The lowest BCUT2D eigenvalue weighted by Gasteiger charge is -2.38. The number of carbonyl (C=O) groups excluding carboxylic acids is 1. The van der Waals surface area contributed by atoms with Crippen LogP contribution in [-0.2, 0) is 36.8 Å². The number of aromatic amines is 1. The lowest BCUT2D eigenvalue weighted by molar-refractivity contribution is -0.266. The van der Waals surface area contributed by atoms with Crippen LogP contribution in [0.1, 0.15) is 6.23 Å². The van der Waals surface area contributed by atoms with Crippen LogP contribution in [0.5, 0.6) is 0 Å². The van der Waals surface area contributed by atoms with Crippen LogP contribution in [0.3, 0.4) is 0 Å². The van der Waals surface area contributed by atoms with Crippen molar-refractivity contribution in [1.82, 2.24) is 9.55 Å². The highest BCUT2D eigenvalue weighted by Gasteiger charge is 2.49. The summed E-state index contributed by atoms with van der Waals surface area (Å²) in [6, 6.07) is 0.923. The Morgan fingerprint density at radius 1 is 0.972 bits per heavy atom. The largest absolute Gasteiger partial charge is 0.483 e. The summed E-state index contributed by atoms with van der Waals surface area (Å²) >= 11 is 0. The summed E-state index contributed by atoms with van der Waals surface area (Å²) in [6.45, 7) is -1.04. The molecule has 19 nitrogen and oxygen atoms in total. The van der Waals surface area contributed by atoms with E-state index in [2.05, 4.69) is 13.4 Å². The molecule has 2 aliphatic rings. The second kappa shape index (κ2) is 11.0. The molecule has 0 radical (unpaired) electrons. The molecule has 3 heterocycles. The number of hydrogen-bond donors (Lipinski definition) is 8. The Morgan fingerprint density at radius 2 is 1.64 bits per heavy atom. The minimum absolute atomic E-state index is 0.00486. The highest BCUT2D eigenvalue weighted by Crippen LogP contribution is 2.61. The normalized spacial score (nSPS) is 38.2. The number of aldehydes is 1. The maximum absolute atomic E-state index is 12.1. The van der Waals surface area contributed by atoms with E-state index < -0.39 is 88.7 Å². The van der Waals surface area contributed by atoms with E-state index in [-0.39, 0.29) is 6.29 Å². The summed E-state index contributed by atoms with van der Waals surface area (Å²) in [7, 11) is -11.1. The van der Waals surface area contributed by atoms with Gasteiger partial charge in [-0.1, -0.05) is 0 Å². The van der Waals surface area contributed by atoms with E-state index in [1.165, 1.54) is 0 Å². The first-order valence-electron chi connectivity index (χ1n) is 9.83. The molecule has 204 valence electrons. The van der Waals surface area contributed by atoms with E-state index in [1.54, 1.807) is 0 Å². The van der Waals surface area contributed by atoms with Gasteiger partial charge in [-0.15, -0.1) is 0 Å². The second-order valence-electron chi connectivity index (χ2n) is 7.56. The number of carbonyl (C=O) groups is 1. The maximum Gasteiger partial charge on any atom is 0.483 e. The van der Waals surface area contributed by atoms with Crippen molar-refractivity contribution >= 4 is 21.9 Å². The molecule has 8 N–H and O–H groups in total. The van der Waals surface area contributed by atoms with Gasteiger partial charge in [0.25, 0.3) is 5.56 Å². The topological polar surface area (TPSA) is 294 Å². The molecule has 0 aliphatic carbocycles. The van der Waals surface area contributed by atoms with Crippen LogP contribution in [0, 0.1) is 0 Å². The number of rotatable bonds is 9. The number of aliphatic hydroxyl groups is 5. The van der Waals surface area contributed by atoms with E-state index in [1.807, 2.05) is 4.98 Å². The molecule has 0 spiro atoms. The van der Waals surface area contributed by atoms with Gasteiger partial charge in [-0.2, -0.15) is 4.31 Å². The van der Waals surface area contributed by atoms with Crippen LogP contribution >= 0.6 is 15.6 Å². The zero-order valence-electron chi connectivity index (χ0n) is 17.7. The Balaban J connectivity index is 1.62. The van der Waals surface area contributed by atoms with E-state index in [4.69, 9.17) is 9.47 Å². The highest BCUT2D eigenvalue weighted by molar-refractivity contribution is 7.61. The van der Waals surface area contributed by atoms with Crippen molar-refractivity contribution in [3.05, 3.63) is 33.1 Å². The summed E-state index contributed by atoms with van der Waals surface area (Å²) in [5.41, 5.74) is -1.76. The average Bonchev–Trinajstić information content (AvgIpc) is 3.06. The minimum Gasteiger partial charge on any atom is -0.387 e. The summed E-state index contributed by atoms with van der Waals surface area (Å²) in [5.74, 6) is 0. The van der Waals surface area contributed by atoms with Gasteiger partial charge in [-0.25, -0.2) is 13.9 Å². The van der Waals surface area contributed by atoms with Crippen molar-refractivity contribution in [2.75, 3.05) is 6.61 Å². The predicted molar refractivity (Wildman–Crippen MR) is 108 cm³/mol. The smallest absolute Gasteiger partial charge is 0.387 e. The molecule has 0 aromatic carbocycles. The zero-order chi connectivity index (χ0) is 27.0. The van der Waals surface area contributed by atoms with Crippen LogP contribution in [0.2, 0.25) is 0 Å². The van der Waals surface area contributed by atoms with E-state index in [9.17, 15) is 58.8 Å². The van der Waals surface area contributed by atoms with Crippen molar-refractivity contribution < 1.29 is 72.1 Å². The molecule has 11 unspecified atom stereocenters. The third kappa shape index (κ3) is 6.42. The van der Waals surface area contributed by atoms with Crippen LogP contribution in [-0.4, -0.2) is 107 Å². The number of aromatic nitrogens is 2. The highest BCUT2D eigenvalue weighted by atomic mass is 31.3. The van der Waals surface area contributed by atoms with Gasteiger partial charge in [0.15, 0.2) is 18.8 Å². The number of nitrogens with zero attached hydrogens (tertiary/aromatic N) is 1. The van der Waals surface area contributed by atoms with E-state index >= 15 is 0 Å². The van der Waals surface area contributed by atoms with Crippen molar-refractivity contribution in [2.24, 2.45) is 0 Å². The second-order valence-corrected chi connectivity index (χ2v) is 10.6. The molecule has 0 amide bonds. The van der Waals surface area contributed by atoms with E-state index in [0.717, 1.165) is 12.3 Å². The molecule has 1 aromatic rings. The van der Waals surface area contributed by atoms with Crippen LogP contribution in [0.15, 0.2) is 21.9 Å². The number of phosphoric acid groups is 2. The third-order valence-electron chi connectivity index (χ3n) is 5.05. The van der Waals surface area contributed by atoms with Gasteiger partial charge >= 0.3 is 21.3 Å². The number of H-pyrrole nitrogens is 1. The fraction of sp³-hybridized carbons (Fsp3) is 0.667. The van der Waals surface area contributed by atoms with Crippen LogP contribution in [0.4, 0.5) is 0 Å². The van der Waals surface area contributed by atoms with Crippen LogP contribution in [0.25, 0.3) is 0 Å². The molecule has 2 saturated heterocycles. The molecule has 21 heteroatoms. The molecule has 2 aliphatic heterocycles. The number of ether oxygens (including phenoxy) is 2. The monoisotopic (exact) mass is 564 g/mol. The number of phosphoric ester groups is 2. The average molecular weight is 564 g/mol. The van der Waals surface area contributed by atoms with Gasteiger partial charge in [0, 0.05) is 12.3 Å². The Kier molecular flexibility index (Phi) is 8.81. The lowest BCUT2D eigenvalue weighted by Crippen LogP contribution is -2.58. The van der Waals surface area contributed by atoms with Gasteiger partial charge in [-0.05, 0) is 0 Å². The molecule has 2 fully saturated rings. The standard InChI is InChI=1S/C15H22N2O17P2/c18-3-5-8(20)10(22)12(24)14(32-5)33-36(28,29)34-35(26,27)30-4-6-9(21)11(23)13(31-6)17-2-1-7(19)16-15(17)25/h1-3,5-6,8-14,20-24H,4H2,(H,26,27)(H,28,29)(H,16,19,25). The number of hydrogen-bond acceptors (Lipinski definition) is 15. The van der Waals surface area contributed by atoms with E-state index in [0.29, 0.717) is 4.57 Å². The third-order valence-corrected chi connectivity index (χ3v) is 7.65. The molecule has 3 rings (SSSR count). The van der Waals surface area contributed by atoms with Crippen LogP contribution < -0.4 is 11.2 Å². The number of aliphatic hydroxyl groups excluding tert-OH is 5. The summed E-state index contributed by atoms with van der Waals surface area (Å²) in [4.78, 5) is 55.3. The molecular weight excluding hydrogens is 542 g/mol. The zero-order valence-corrected chi connectivity index (χ0v) is 19.5. The van der Waals surface area contributed by atoms with Crippen molar-refractivity contribution in [3.63, 3.8) is 0 Å². The Hall–Kier alpha value is -1.67. The SMILES string of the molecule is O=CC1OC(OP(=O)(O)OP(=O)(O)OCC2OC(n3ccc(=O)[nH]c3=O)C(O)C2O)C(O)C(O)C1O. The first-order chi connectivity index (χ1) is 16.7. The predicted octanol–water partition coefficient (Wildman–Crippen LogP) is -4.59. The fourth-order valence-electron chi connectivity index (χ4n) is 3.27. The summed E-state index contributed by atoms with van der Waals surface area (Å²) < 4.78 is 47.8. The molecule has 0 saturated carbocycles. The lowest BCUT2D eigenvalue weighted by atomic mass is 10.00. The van der Waals surface area contributed by atoms with Crippen molar-refractivity contribution in [3.8, 4) is 0 Å². The minimum atomic E-state index is -5.63. The van der Waals surface area contributed by atoms with Gasteiger partial charge < -0.3 is 49.6 Å². The Labute approximate surface area is 199 Å². The molecule has 11 atom stereocenters. The quantitative estimate of drug-likeness (QED) is 0.103. The Morgan fingerprint density at radius 3 is 2.25 bits per heavy atom. The number of nitrogens with one attached hydrogen (secondary N) is 1. The van der Waals surface area contributed by atoms with Crippen molar-refractivity contribution in [1.29, 1.82) is 0 Å². The first-order valence-corrected chi connectivity index (χ1v) is 12.8. The van der Waals surface area contributed by atoms with Gasteiger partial charge in [0.05, 0.1) is 6.61 Å². The first kappa shape index (κ1) is 28.9. The molecule has 0 bridgehead atoms. The molecular formula is C15H22N2O17P2. The van der Waals surface area contributed by atoms with Gasteiger partial charge in [0.1, 0.15) is 42.7 Å². The summed E-state index contributed by atoms with van der Waals surface area (Å²) in [6.07, 6.45) is -16.0. The molecule has 36 heavy (non-hydrogen) atoms. The fourth-order valence-corrected chi connectivity index (χ4v) is 5.43. The van der Waals surface area contributed by atoms with Gasteiger partial charge in [-0.3, -0.25) is 23.4 Å². The van der Waals surface area contributed by atoms with Crippen molar-refractivity contribution in [2.45, 2.75) is 55.2 Å². The Bertz CT molecular complexity index is 1160. The molecule has 1 aromatic heterocycles. The maximum atomic E-state index is 12.1.